The molecule has 1 unspecified atom stereocenters. The van der Waals surface area contributed by atoms with Gasteiger partial charge in [-0.15, -0.1) is 0 Å². The van der Waals surface area contributed by atoms with Crippen LogP contribution in [-0.4, -0.2) is 23.7 Å². The number of benzene rings is 1. The number of nitrogens with one attached hydrogen (secondary N) is 1. The topological polar surface area (TPSA) is 49.3 Å². The average Bonchev–Trinajstić information content (AvgIpc) is 2.29. The van der Waals surface area contributed by atoms with Gasteiger partial charge in [-0.25, -0.2) is 0 Å². The number of halogens is 1. The number of aryl methyl sites for hydroxylation is 1. The van der Waals surface area contributed by atoms with Crippen molar-refractivity contribution >= 4 is 21.8 Å². The third-order valence-corrected chi connectivity index (χ3v) is 3.18. The first-order valence-corrected chi connectivity index (χ1v) is 6.56. The van der Waals surface area contributed by atoms with Crippen LogP contribution in [0.1, 0.15) is 35.7 Å². The molecule has 1 atom stereocenters. The number of amides is 1. The standard InChI is InChI=1S/C13H18BrNO2/c1-3-4-10(16)8-15-13(17)11-7-9(2)5-6-12(11)14/h5-7,10,16H,3-4,8H2,1-2H3,(H,15,17). The Labute approximate surface area is 110 Å². The molecule has 0 aliphatic heterocycles. The molecule has 0 aromatic heterocycles. The molecule has 1 amide bonds. The van der Waals surface area contributed by atoms with Gasteiger partial charge in [0.1, 0.15) is 0 Å². The number of hydrogen-bond donors (Lipinski definition) is 2. The molecular weight excluding hydrogens is 282 g/mol. The number of hydrogen-bond acceptors (Lipinski definition) is 2. The van der Waals surface area contributed by atoms with Crippen LogP contribution < -0.4 is 5.32 Å². The van der Waals surface area contributed by atoms with Crippen molar-refractivity contribution in [3.8, 4) is 0 Å². The normalized spacial score (nSPS) is 12.2. The van der Waals surface area contributed by atoms with E-state index < -0.39 is 6.10 Å². The molecule has 0 bridgehead atoms. The summed E-state index contributed by atoms with van der Waals surface area (Å²) in [4.78, 5) is 11.9. The van der Waals surface area contributed by atoms with Crippen molar-refractivity contribution in [2.75, 3.05) is 6.54 Å². The average molecular weight is 300 g/mol. The molecule has 0 aliphatic rings. The van der Waals surface area contributed by atoms with Crippen LogP contribution in [0.4, 0.5) is 0 Å². The van der Waals surface area contributed by atoms with E-state index >= 15 is 0 Å². The van der Waals surface area contributed by atoms with E-state index in [9.17, 15) is 9.90 Å². The molecule has 17 heavy (non-hydrogen) atoms. The van der Waals surface area contributed by atoms with Gasteiger partial charge in [-0.3, -0.25) is 4.79 Å². The summed E-state index contributed by atoms with van der Waals surface area (Å²) >= 11 is 3.35. The van der Waals surface area contributed by atoms with Gasteiger partial charge < -0.3 is 10.4 Å². The van der Waals surface area contributed by atoms with Gasteiger partial charge in [0.05, 0.1) is 11.7 Å². The van der Waals surface area contributed by atoms with E-state index in [0.29, 0.717) is 18.5 Å². The molecule has 1 aromatic rings. The first kappa shape index (κ1) is 14.2. The Morgan fingerprint density at radius 1 is 1.53 bits per heavy atom. The Kier molecular flexibility index (Phi) is 5.65. The molecular formula is C13H18BrNO2. The number of rotatable bonds is 5. The van der Waals surface area contributed by atoms with Crippen molar-refractivity contribution in [3.63, 3.8) is 0 Å². The summed E-state index contributed by atoms with van der Waals surface area (Å²) in [6.07, 6.45) is 1.15. The largest absolute Gasteiger partial charge is 0.391 e. The zero-order chi connectivity index (χ0) is 12.8. The minimum absolute atomic E-state index is 0.157. The van der Waals surface area contributed by atoms with E-state index in [1.165, 1.54) is 0 Å². The molecule has 0 heterocycles. The molecule has 1 aromatic carbocycles. The van der Waals surface area contributed by atoms with E-state index in [1.54, 1.807) is 0 Å². The summed E-state index contributed by atoms with van der Waals surface area (Å²) in [6.45, 7) is 4.24. The highest BCUT2D eigenvalue weighted by Gasteiger charge is 2.11. The highest BCUT2D eigenvalue weighted by Crippen LogP contribution is 2.17. The molecule has 1 rings (SSSR count). The summed E-state index contributed by atoms with van der Waals surface area (Å²) in [5.74, 6) is -0.157. The van der Waals surface area contributed by atoms with Gasteiger partial charge in [0, 0.05) is 11.0 Å². The fourth-order valence-electron chi connectivity index (χ4n) is 1.55. The molecule has 2 N–H and O–H groups in total. The second-order valence-corrected chi connectivity index (χ2v) is 4.99. The van der Waals surface area contributed by atoms with Crippen molar-refractivity contribution in [1.82, 2.24) is 5.32 Å². The molecule has 0 radical (unpaired) electrons. The maximum atomic E-state index is 11.9. The SMILES string of the molecule is CCCC(O)CNC(=O)c1cc(C)ccc1Br. The number of aliphatic hydroxyl groups excluding tert-OH is 1. The van der Waals surface area contributed by atoms with Gasteiger partial charge in [0.25, 0.3) is 5.91 Å². The predicted octanol–water partition coefficient (Wildman–Crippen LogP) is 2.65. The Balaban J connectivity index is 2.61. The van der Waals surface area contributed by atoms with Gasteiger partial charge in [0.15, 0.2) is 0 Å². The van der Waals surface area contributed by atoms with E-state index in [4.69, 9.17) is 0 Å². The van der Waals surface area contributed by atoms with E-state index in [1.807, 2.05) is 32.0 Å². The van der Waals surface area contributed by atoms with Crippen molar-refractivity contribution < 1.29 is 9.90 Å². The highest BCUT2D eigenvalue weighted by molar-refractivity contribution is 9.10. The van der Waals surface area contributed by atoms with Crippen LogP contribution in [0, 0.1) is 6.92 Å². The molecule has 94 valence electrons. The lowest BCUT2D eigenvalue weighted by molar-refractivity contribution is 0.0909. The molecule has 4 heteroatoms. The number of aliphatic hydroxyl groups is 1. The lowest BCUT2D eigenvalue weighted by Crippen LogP contribution is -2.32. The lowest BCUT2D eigenvalue weighted by atomic mass is 10.1. The first-order valence-electron chi connectivity index (χ1n) is 5.77. The summed E-state index contributed by atoms with van der Waals surface area (Å²) in [5, 5.41) is 12.3. The molecule has 0 saturated heterocycles. The van der Waals surface area contributed by atoms with E-state index in [2.05, 4.69) is 21.2 Å². The Morgan fingerprint density at radius 2 is 2.24 bits per heavy atom. The number of carbonyl (C=O) groups excluding carboxylic acids is 1. The van der Waals surface area contributed by atoms with Gasteiger partial charge >= 0.3 is 0 Å². The summed E-state index contributed by atoms with van der Waals surface area (Å²) in [6, 6.07) is 5.62. The molecule has 3 nitrogen and oxygen atoms in total. The Morgan fingerprint density at radius 3 is 2.88 bits per heavy atom. The highest BCUT2D eigenvalue weighted by atomic mass is 79.9. The minimum Gasteiger partial charge on any atom is -0.391 e. The lowest BCUT2D eigenvalue weighted by Gasteiger charge is -2.11. The minimum atomic E-state index is -0.465. The third-order valence-electron chi connectivity index (χ3n) is 2.49. The second-order valence-electron chi connectivity index (χ2n) is 4.14. The van der Waals surface area contributed by atoms with Crippen molar-refractivity contribution in [1.29, 1.82) is 0 Å². The summed E-state index contributed by atoms with van der Waals surface area (Å²) in [7, 11) is 0. The molecule has 0 spiro atoms. The predicted molar refractivity (Wildman–Crippen MR) is 72.1 cm³/mol. The van der Waals surface area contributed by atoms with Crippen molar-refractivity contribution in [2.24, 2.45) is 0 Å². The maximum Gasteiger partial charge on any atom is 0.252 e. The fraction of sp³-hybridized carbons (Fsp3) is 0.462. The maximum absolute atomic E-state index is 11.9. The zero-order valence-electron chi connectivity index (χ0n) is 10.2. The molecule has 0 saturated carbocycles. The van der Waals surface area contributed by atoms with Crippen molar-refractivity contribution in [2.45, 2.75) is 32.8 Å². The van der Waals surface area contributed by atoms with Crippen molar-refractivity contribution in [3.05, 3.63) is 33.8 Å². The van der Waals surface area contributed by atoms with E-state index in [-0.39, 0.29) is 5.91 Å². The first-order chi connectivity index (χ1) is 8.04. The summed E-state index contributed by atoms with van der Waals surface area (Å²) in [5.41, 5.74) is 1.64. The third kappa shape index (κ3) is 4.48. The number of carbonyl (C=O) groups is 1. The van der Waals surface area contributed by atoms with Gasteiger partial charge in [-0.1, -0.05) is 25.0 Å². The van der Waals surface area contributed by atoms with Crippen LogP contribution >= 0.6 is 15.9 Å². The van der Waals surface area contributed by atoms with Crippen LogP contribution in [0.5, 0.6) is 0 Å². The zero-order valence-corrected chi connectivity index (χ0v) is 11.8. The van der Waals surface area contributed by atoms with Gasteiger partial charge in [-0.05, 0) is 41.4 Å². The molecule has 0 fully saturated rings. The van der Waals surface area contributed by atoms with Crippen LogP contribution in [0.15, 0.2) is 22.7 Å². The second kappa shape index (κ2) is 6.77. The van der Waals surface area contributed by atoms with Crippen LogP contribution in [-0.2, 0) is 0 Å². The smallest absolute Gasteiger partial charge is 0.252 e. The monoisotopic (exact) mass is 299 g/mol. The summed E-state index contributed by atoms with van der Waals surface area (Å²) < 4.78 is 0.769. The Bertz CT molecular complexity index is 393. The van der Waals surface area contributed by atoms with Crippen LogP contribution in [0.25, 0.3) is 0 Å². The Hall–Kier alpha value is -0.870. The van der Waals surface area contributed by atoms with E-state index in [0.717, 1.165) is 16.5 Å². The van der Waals surface area contributed by atoms with Gasteiger partial charge in [-0.2, -0.15) is 0 Å². The quantitative estimate of drug-likeness (QED) is 0.878. The molecule has 0 aliphatic carbocycles. The van der Waals surface area contributed by atoms with Crippen LogP contribution in [0.3, 0.4) is 0 Å². The fourth-order valence-corrected chi connectivity index (χ4v) is 1.98. The van der Waals surface area contributed by atoms with Gasteiger partial charge in [0.2, 0.25) is 0 Å². The van der Waals surface area contributed by atoms with Crippen LogP contribution in [0.2, 0.25) is 0 Å².